The molecule has 0 unspecified atom stereocenters. The Morgan fingerprint density at radius 3 is 2.41 bits per heavy atom. The molecule has 0 aliphatic heterocycles. The number of rotatable bonds is 3. The van der Waals surface area contributed by atoms with Crippen LogP contribution in [0.4, 0.5) is 13.2 Å². The molecule has 0 radical (unpaired) electrons. The van der Waals surface area contributed by atoms with E-state index in [0.29, 0.717) is 6.20 Å². The zero-order valence-electron chi connectivity index (χ0n) is 12.2. The molecule has 4 nitrogen and oxygen atoms in total. The Labute approximate surface area is 126 Å². The van der Waals surface area contributed by atoms with Gasteiger partial charge in [-0.3, -0.25) is 9.59 Å². The minimum Gasteiger partial charge on any atom is -0.352 e. The normalized spacial score (nSPS) is 17.0. The summed E-state index contributed by atoms with van der Waals surface area (Å²) in [5, 5.41) is 2.81. The second kappa shape index (κ2) is 6.98. The van der Waals surface area contributed by atoms with Crippen molar-refractivity contribution in [2.45, 2.75) is 57.3 Å². The molecule has 0 atom stereocenters. The van der Waals surface area contributed by atoms with Crippen molar-refractivity contribution in [3.63, 3.8) is 0 Å². The maximum atomic E-state index is 12.6. The van der Waals surface area contributed by atoms with Crippen molar-refractivity contribution in [3.05, 3.63) is 34.2 Å². The van der Waals surface area contributed by atoms with Crippen LogP contribution in [0.25, 0.3) is 0 Å². The number of nitrogens with one attached hydrogen (secondary N) is 1. The second-order valence-corrected chi connectivity index (χ2v) is 5.64. The molecule has 0 aromatic carbocycles. The predicted molar refractivity (Wildman–Crippen MR) is 75.3 cm³/mol. The van der Waals surface area contributed by atoms with Crippen molar-refractivity contribution in [1.29, 1.82) is 0 Å². The molecule has 1 fully saturated rings. The molecule has 0 saturated heterocycles. The summed E-state index contributed by atoms with van der Waals surface area (Å²) in [6, 6.07) is 1.61. The Morgan fingerprint density at radius 1 is 1.18 bits per heavy atom. The zero-order valence-corrected chi connectivity index (χ0v) is 12.2. The number of hydrogen-bond donors (Lipinski definition) is 1. The van der Waals surface area contributed by atoms with Gasteiger partial charge < -0.3 is 9.88 Å². The van der Waals surface area contributed by atoms with Gasteiger partial charge in [-0.25, -0.2) is 0 Å². The molecule has 7 heteroatoms. The van der Waals surface area contributed by atoms with Crippen molar-refractivity contribution in [3.8, 4) is 0 Å². The third-order valence-electron chi connectivity index (χ3n) is 3.85. The van der Waals surface area contributed by atoms with Gasteiger partial charge in [0.2, 0.25) is 5.91 Å². The van der Waals surface area contributed by atoms with E-state index >= 15 is 0 Å². The van der Waals surface area contributed by atoms with Gasteiger partial charge in [-0.15, -0.1) is 0 Å². The smallest absolute Gasteiger partial charge is 0.352 e. The number of amides is 1. The summed E-state index contributed by atoms with van der Waals surface area (Å²) in [5.74, 6) is -0.423. The molecule has 1 aromatic heterocycles. The largest absolute Gasteiger partial charge is 0.417 e. The first-order valence-corrected chi connectivity index (χ1v) is 7.43. The van der Waals surface area contributed by atoms with Crippen LogP contribution >= 0.6 is 0 Å². The molecule has 1 aliphatic rings. The van der Waals surface area contributed by atoms with Gasteiger partial charge in [0.25, 0.3) is 5.56 Å². The van der Waals surface area contributed by atoms with E-state index in [1.54, 1.807) is 0 Å². The number of halogens is 3. The molecule has 1 N–H and O–H groups in total. The average molecular weight is 316 g/mol. The van der Waals surface area contributed by atoms with E-state index in [-0.39, 0.29) is 12.6 Å². The number of carbonyl (C=O) groups excluding carboxylic acids is 1. The lowest BCUT2D eigenvalue weighted by Gasteiger charge is -2.17. The van der Waals surface area contributed by atoms with Crippen LogP contribution < -0.4 is 10.9 Å². The molecular formula is C15H19F3N2O2. The molecule has 1 aromatic rings. The van der Waals surface area contributed by atoms with Gasteiger partial charge in [0, 0.05) is 18.3 Å². The van der Waals surface area contributed by atoms with Crippen LogP contribution in [0.3, 0.4) is 0 Å². The third-order valence-corrected chi connectivity index (χ3v) is 3.85. The summed E-state index contributed by atoms with van der Waals surface area (Å²) in [4.78, 5) is 23.6. The van der Waals surface area contributed by atoms with Gasteiger partial charge in [0.1, 0.15) is 6.54 Å². The highest BCUT2D eigenvalue weighted by Crippen LogP contribution is 2.28. The first kappa shape index (κ1) is 16.6. The van der Waals surface area contributed by atoms with Gasteiger partial charge in [-0.2, -0.15) is 13.2 Å². The first-order valence-electron chi connectivity index (χ1n) is 7.43. The lowest BCUT2D eigenvalue weighted by molar-refractivity contribution is -0.138. The maximum Gasteiger partial charge on any atom is 0.417 e. The summed E-state index contributed by atoms with van der Waals surface area (Å²) >= 11 is 0. The molecule has 1 aliphatic carbocycles. The number of carbonyl (C=O) groups is 1. The van der Waals surface area contributed by atoms with Crippen molar-refractivity contribution < 1.29 is 18.0 Å². The number of hydrogen-bond acceptors (Lipinski definition) is 2. The summed E-state index contributed by atoms with van der Waals surface area (Å²) in [7, 11) is 0. The molecular weight excluding hydrogens is 297 g/mol. The van der Waals surface area contributed by atoms with E-state index in [0.717, 1.165) is 55.2 Å². The standard InChI is InChI=1S/C15H19F3N2O2/c16-15(17,18)11-7-8-14(22)20(9-11)10-13(21)19-12-5-3-1-2-4-6-12/h7-9,12H,1-6,10H2,(H,19,21). The van der Waals surface area contributed by atoms with E-state index in [9.17, 15) is 22.8 Å². The van der Waals surface area contributed by atoms with E-state index in [4.69, 9.17) is 0 Å². The quantitative estimate of drug-likeness (QED) is 0.872. The second-order valence-electron chi connectivity index (χ2n) is 5.64. The number of nitrogens with zero attached hydrogens (tertiary/aromatic N) is 1. The molecule has 0 spiro atoms. The highest BCUT2D eigenvalue weighted by molar-refractivity contribution is 5.76. The minimum absolute atomic E-state index is 0.0523. The number of alkyl halides is 3. The summed E-state index contributed by atoms with van der Waals surface area (Å²) in [6.45, 7) is -0.390. The van der Waals surface area contributed by atoms with Crippen molar-refractivity contribution in [2.24, 2.45) is 0 Å². The summed E-state index contributed by atoms with van der Waals surface area (Å²) in [6.07, 6.45) is 2.26. The van der Waals surface area contributed by atoms with Crippen LogP contribution in [0, 0.1) is 0 Å². The lowest BCUT2D eigenvalue weighted by Crippen LogP contribution is -2.38. The van der Waals surface area contributed by atoms with E-state index in [2.05, 4.69) is 5.32 Å². The van der Waals surface area contributed by atoms with Crippen molar-refractivity contribution in [1.82, 2.24) is 9.88 Å². The average Bonchev–Trinajstić information content (AvgIpc) is 2.68. The fourth-order valence-corrected chi connectivity index (χ4v) is 2.67. The first-order chi connectivity index (χ1) is 10.4. The van der Waals surface area contributed by atoms with Crippen LogP contribution in [0.1, 0.15) is 44.1 Å². The van der Waals surface area contributed by atoms with Crippen LogP contribution in [0.15, 0.2) is 23.1 Å². The fraction of sp³-hybridized carbons (Fsp3) is 0.600. The van der Waals surface area contributed by atoms with Gasteiger partial charge in [0.15, 0.2) is 0 Å². The minimum atomic E-state index is -4.53. The number of aromatic nitrogens is 1. The zero-order chi connectivity index (χ0) is 16.2. The van der Waals surface area contributed by atoms with E-state index < -0.39 is 23.2 Å². The molecule has 22 heavy (non-hydrogen) atoms. The molecule has 1 heterocycles. The lowest BCUT2D eigenvalue weighted by atomic mass is 10.1. The van der Waals surface area contributed by atoms with Gasteiger partial charge >= 0.3 is 6.18 Å². The molecule has 0 bridgehead atoms. The van der Waals surface area contributed by atoms with Gasteiger partial charge in [-0.1, -0.05) is 25.7 Å². The van der Waals surface area contributed by atoms with Crippen LogP contribution in [0.5, 0.6) is 0 Å². The molecule has 1 amide bonds. The third kappa shape index (κ3) is 4.61. The van der Waals surface area contributed by atoms with Crippen LogP contribution in [0.2, 0.25) is 0 Å². The monoisotopic (exact) mass is 316 g/mol. The Balaban J connectivity index is 2.03. The maximum absolute atomic E-state index is 12.6. The van der Waals surface area contributed by atoms with Crippen LogP contribution in [-0.4, -0.2) is 16.5 Å². The Morgan fingerprint density at radius 2 is 1.82 bits per heavy atom. The Hall–Kier alpha value is -1.79. The van der Waals surface area contributed by atoms with Crippen molar-refractivity contribution in [2.75, 3.05) is 0 Å². The summed E-state index contributed by atoms with van der Waals surface area (Å²) < 4.78 is 38.7. The molecule has 1 saturated carbocycles. The fourth-order valence-electron chi connectivity index (χ4n) is 2.67. The van der Waals surface area contributed by atoms with E-state index in [1.165, 1.54) is 0 Å². The number of pyridine rings is 1. The highest BCUT2D eigenvalue weighted by Gasteiger charge is 2.31. The SMILES string of the molecule is O=C(Cn1cc(C(F)(F)F)ccc1=O)NC1CCCCCC1. The Bertz CT molecular complexity index is 573. The Kier molecular flexibility index (Phi) is 5.26. The predicted octanol–water partition coefficient (Wildman–Crippen LogP) is 2.71. The molecule has 122 valence electrons. The van der Waals surface area contributed by atoms with Gasteiger partial charge in [-0.05, 0) is 18.9 Å². The van der Waals surface area contributed by atoms with Crippen LogP contribution in [-0.2, 0) is 17.5 Å². The topological polar surface area (TPSA) is 51.1 Å². The molecule has 2 rings (SSSR count). The highest BCUT2D eigenvalue weighted by atomic mass is 19.4. The van der Waals surface area contributed by atoms with Gasteiger partial charge in [0.05, 0.1) is 5.56 Å². The van der Waals surface area contributed by atoms with Crippen molar-refractivity contribution >= 4 is 5.91 Å². The summed E-state index contributed by atoms with van der Waals surface area (Å²) in [5.41, 5.74) is -1.56. The van der Waals surface area contributed by atoms with E-state index in [1.807, 2.05) is 0 Å².